The van der Waals surface area contributed by atoms with Crippen molar-refractivity contribution < 1.29 is 0 Å². The number of nitrogens with two attached hydrogens (primary N) is 1. The predicted molar refractivity (Wildman–Crippen MR) is 62.0 cm³/mol. The Morgan fingerprint density at radius 3 is 2.73 bits per heavy atom. The second-order valence-electron chi connectivity index (χ2n) is 3.01. The first-order valence-electron chi connectivity index (χ1n) is 4.39. The highest BCUT2D eigenvalue weighted by Gasteiger charge is 2.14. The van der Waals surface area contributed by atoms with Crippen molar-refractivity contribution in [2.45, 2.75) is 5.03 Å². The topological polar surface area (TPSA) is 81.6 Å². The maximum absolute atomic E-state index is 5.80. The van der Waals surface area contributed by atoms with Crippen molar-refractivity contribution in [2.75, 3.05) is 24.4 Å². The number of nitrogen functional groups attached to an aromatic ring is 1. The number of hydrogen-bond acceptors (Lipinski definition) is 6. The van der Waals surface area contributed by atoms with Gasteiger partial charge in [-0.15, -0.1) is 11.8 Å². The minimum atomic E-state index is 0.472. The summed E-state index contributed by atoms with van der Waals surface area (Å²) >= 11 is 1.53. The van der Waals surface area contributed by atoms with Crippen molar-refractivity contribution in [3.05, 3.63) is 0 Å². The molecule has 0 saturated carbocycles. The van der Waals surface area contributed by atoms with E-state index in [9.17, 15) is 0 Å². The van der Waals surface area contributed by atoms with E-state index >= 15 is 0 Å². The van der Waals surface area contributed by atoms with Gasteiger partial charge >= 0.3 is 0 Å². The van der Waals surface area contributed by atoms with Crippen molar-refractivity contribution in [1.82, 2.24) is 19.7 Å². The molecule has 0 saturated heterocycles. The summed E-state index contributed by atoms with van der Waals surface area (Å²) in [7, 11) is 3.60. The lowest BCUT2D eigenvalue weighted by Crippen LogP contribution is -2.00. The van der Waals surface area contributed by atoms with Gasteiger partial charge in [-0.1, -0.05) is 0 Å². The Balaban J connectivity index is 2.83. The van der Waals surface area contributed by atoms with Crippen molar-refractivity contribution in [2.24, 2.45) is 7.05 Å². The maximum atomic E-state index is 5.80. The standard InChI is InChI=1S/C8H12N6S/c1-10-8-11-6-4(7(12-8)15-3)5(9)13-14(6)2/h1-3H3,(H2,9,13)(H,10,11,12). The van der Waals surface area contributed by atoms with E-state index in [-0.39, 0.29) is 0 Å². The Morgan fingerprint density at radius 1 is 1.40 bits per heavy atom. The quantitative estimate of drug-likeness (QED) is 0.577. The van der Waals surface area contributed by atoms with Crippen LogP contribution in [0.2, 0.25) is 0 Å². The molecule has 2 heterocycles. The third-order valence-corrected chi connectivity index (χ3v) is 2.78. The average molecular weight is 224 g/mol. The fourth-order valence-corrected chi connectivity index (χ4v) is 1.98. The molecule has 6 nitrogen and oxygen atoms in total. The van der Waals surface area contributed by atoms with Crippen LogP contribution in [-0.2, 0) is 7.05 Å². The van der Waals surface area contributed by atoms with E-state index in [0.29, 0.717) is 11.8 Å². The Kier molecular flexibility index (Phi) is 2.39. The average Bonchev–Trinajstić information content (AvgIpc) is 2.53. The highest BCUT2D eigenvalue weighted by molar-refractivity contribution is 7.98. The van der Waals surface area contributed by atoms with Gasteiger partial charge in [-0.05, 0) is 6.26 Å². The first-order chi connectivity index (χ1) is 7.17. The molecule has 0 aliphatic carbocycles. The van der Waals surface area contributed by atoms with E-state index in [1.54, 1.807) is 11.7 Å². The number of aryl methyl sites for hydroxylation is 1. The van der Waals surface area contributed by atoms with Crippen LogP contribution in [0.15, 0.2) is 5.03 Å². The lowest BCUT2D eigenvalue weighted by atomic mass is 10.4. The molecule has 0 aliphatic heterocycles. The van der Waals surface area contributed by atoms with Gasteiger partial charge in [0.15, 0.2) is 11.5 Å². The molecule has 0 aromatic carbocycles. The molecule has 3 N–H and O–H groups in total. The number of hydrogen-bond donors (Lipinski definition) is 2. The highest BCUT2D eigenvalue weighted by Crippen LogP contribution is 2.28. The summed E-state index contributed by atoms with van der Waals surface area (Å²) in [6.45, 7) is 0. The van der Waals surface area contributed by atoms with E-state index in [4.69, 9.17) is 5.73 Å². The summed E-state index contributed by atoms with van der Waals surface area (Å²) in [4.78, 5) is 8.63. The van der Waals surface area contributed by atoms with Crippen molar-refractivity contribution in [1.29, 1.82) is 0 Å². The van der Waals surface area contributed by atoms with Gasteiger partial charge in [0.2, 0.25) is 5.95 Å². The van der Waals surface area contributed by atoms with Crippen LogP contribution in [0.3, 0.4) is 0 Å². The van der Waals surface area contributed by atoms with Crippen LogP contribution in [0.4, 0.5) is 11.8 Å². The molecule has 0 aliphatic rings. The van der Waals surface area contributed by atoms with Crippen LogP contribution < -0.4 is 11.1 Å². The van der Waals surface area contributed by atoms with Gasteiger partial charge in [0.25, 0.3) is 0 Å². The fourth-order valence-electron chi connectivity index (χ4n) is 1.41. The van der Waals surface area contributed by atoms with Crippen LogP contribution in [0, 0.1) is 0 Å². The minimum Gasteiger partial charge on any atom is -0.382 e. The largest absolute Gasteiger partial charge is 0.382 e. The molecule has 0 radical (unpaired) electrons. The number of nitrogens with zero attached hydrogens (tertiary/aromatic N) is 4. The van der Waals surface area contributed by atoms with E-state index in [0.717, 1.165) is 16.1 Å². The molecular formula is C8H12N6S. The number of nitrogens with one attached hydrogen (secondary N) is 1. The minimum absolute atomic E-state index is 0.472. The number of thioether (sulfide) groups is 1. The van der Waals surface area contributed by atoms with Gasteiger partial charge in [0.05, 0.1) is 5.39 Å². The van der Waals surface area contributed by atoms with Crippen LogP contribution in [-0.4, -0.2) is 33.1 Å². The third-order valence-electron chi connectivity index (χ3n) is 2.09. The van der Waals surface area contributed by atoms with E-state index in [1.807, 2.05) is 13.3 Å². The second kappa shape index (κ2) is 3.58. The zero-order valence-corrected chi connectivity index (χ0v) is 9.59. The Morgan fingerprint density at radius 2 is 2.13 bits per heavy atom. The van der Waals surface area contributed by atoms with Crippen molar-refractivity contribution in [3.8, 4) is 0 Å². The smallest absolute Gasteiger partial charge is 0.225 e. The zero-order valence-electron chi connectivity index (χ0n) is 8.77. The van der Waals surface area contributed by atoms with Crippen LogP contribution in [0.25, 0.3) is 11.0 Å². The molecule has 0 amide bonds. The first kappa shape index (κ1) is 10.0. The van der Waals surface area contributed by atoms with Crippen molar-refractivity contribution in [3.63, 3.8) is 0 Å². The normalized spacial score (nSPS) is 10.9. The molecule has 2 rings (SSSR count). The van der Waals surface area contributed by atoms with Gasteiger partial charge in [-0.25, -0.2) is 9.67 Å². The van der Waals surface area contributed by atoms with Crippen molar-refractivity contribution >= 4 is 34.6 Å². The van der Waals surface area contributed by atoms with Gasteiger partial charge in [0.1, 0.15) is 5.03 Å². The summed E-state index contributed by atoms with van der Waals surface area (Å²) in [5.74, 6) is 1.05. The number of fused-ring (bicyclic) bond motifs is 1. The third kappa shape index (κ3) is 1.48. The molecule has 7 heteroatoms. The summed E-state index contributed by atoms with van der Waals surface area (Å²) in [5, 5.41) is 8.70. The molecule has 0 spiro atoms. The molecule has 0 unspecified atom stereocenters. The first-order valence-corrected chi connectivity index (χ1v) is 5.61. The Hall–Kier alpha value is -1.50. The summed E-state index contributed by atoms with van der Waals surface area (Å²) in [6, 6.07) is 0. The lowest BCUT2D eigenvalue weighted by molar-refractivity contribution is 0.790. The zero-order chi connectivity index (χ0) is 11.0. The maximum Gasteiger partial charge on any atom is 0.225 e. The van der Waals surface area contributed by atoms with Crippen LogP contribution in [0.1, 0.15) is 0 Å². The number of aromatic nitrogens is 4. The van der Waals surface area contributed by atoms with E-state index < -0.39 is 0 Å². The van der Waals surface area contributed by atoms with Gasteiger partial charge in [-0.3, -0.25) is 0 Å². The number of rotatable bonds is 2. The second-order valence-corrected chi connectivity index (χ2v) is 3.81. The summed E-state index contributed by atoms with van der Waals surface area (Å²) in [6.07, 6.45) is 1.95. The SMILES string of the molecule is CNc1nc(SC)c2c(N)nn(C)c2n1. The number of anilines is 2. The highest BCUT2D eigenvalue weighted by atomic mass is 32.2. The predicted octanol–water partition coefficient (Wildman–Crippen LogP) is 0.709. The lowest BCUT2D eigenvalue weighted by Gasteiger charge is -2.03. The van der Waals surface area contributed by atoms with E-state index in [1.165, 1.54) is 11.8 Å². The molecule has 15 heavy (non-hydrogen) atoms. The molecule has 2 aromatic heterocycles. The molecule has 0 fully saturated rings. The summed E-state index contributed by atoms with van der Waals surface area (Å²) in [5.41, 5.74) is 6.55. The molecule has 80 valence electrons. The Bertz CT molecular complexity index is 505. The fraction of sp³-hybridized carbons (Fsp3) is 0.375. The molecule has 2 aromatic rings. The Labute approximate surface area is 91.3 Å². The molecule has 0 bridgehead atoms. The van der Waals surface area contributed by atoms with Crippen LogP contribution >= 0.6 is 11.8 Å². The van der Waals surface area contributed by atoms with E-state index in [2.05, 4.69) is 20.4 Å². The molecular weight excluding hydrogens is 212 g/mol. The van der Waals surface area contributed by atoms with Gasteiger partial charge in [0, 0.05) is 14.1 Å². The summed E-state index contributed by atoms with van der Waals surface area (Å²) < 4.78 is 1.66. The van der Waals surface area contributed by atoms with Crippen LogP contribution in [0.5, 0.6) is 0 Å². The van der Waals surface area contributed by atoms with Gasteiger partial charge < -0.3 is 11.1 Å². The molecule has 0 atom stereocenters. The van der Waals surface area contributed by atoms with Gasteiger partial charge in [-0.2, -0.15) is 10.1 Å². The monoisotopic (exact) mass is 224 g/mol.